The minimum atomic E-state index is -2.28. The Morgan fingerprint density at radius 1 is 0.903 bits per heavy atom. The van der Waals surface area contributed by atoms with E-state index in [1.54, 1.807) is 12.1 Å². The zero-order valence-electron chi connectivity index (χ0n) is 38.5. The lowest BCUT2D eigenvalue weighted by Crippen LogP contribution is -2.66. The number of nitrogens with two attached hydrogens (primary N) is 1. The predicted octanol–water partition coefficient (Wildman–Crippen LogP) is 9.23. The minimum absolute atomic E-state index is 0.00191. The highest BCUT2D eigenvalue weighted by Gasteiger charge is 2.70. The van der Waals surface area contributed by atoms with Crippen LogP contribution in [0.4, 0.5) is 4.39 Å². The van der Waals surface area contributed by atoms with Crippen molar-refractivity contribution in [1.29, 1.82) is 0 Å². The highest BCUT2D eigenvalue weighted by atomic mass is 35.5. The van der Waals surface area contributed by atoms with Crippen LogP contribution in [0.5, 0.6) is 0 Å². The average Bonchev–Trinajstić information content (AvgIpc) is 3.46. The zero-order chi connectivity index (χ0) is 45.6. The van der Waals surface area contributed by atoms with Gasteiger partial charge in [0.05, 0.1) is 18.4 Å². The molecule has 5 saturated carbocycles. The maximum absolute atomic E-state index is 16.3. The third kappa shape index (κ3) is 7.35. The molecule has 12 heteroatoms. The van der Waals surface area contributed by atoms with Crippen molar-refractivity contribution >= 4 is 41.1 Å². The van der Waals surface area contributed by atoms with Gasteiger partial charge in [-0.3, -0.25) is 24.0 Å². The van der Waals surface area contributed by atoms with Gasteiger partial charge in [0.2, 0.25) is 11.7 Å². The van der Waals surface area contributed by atoms with Crippen LogP contribution in [-0.2, 0) is 23.9 Å². The fourth-order valence-corrected chi connectivity index (χ4v) is 15.1. The quantitative estimate of drug-likeness (QED) is 0.119. The van der Waals surface area contributed by atoms with E-state index in [9.17, 15) is 29.1 Å². The number of carboxylic acids is 1. The van der Waals surface area contributed by atoms with Crippen molar-refractivity contribution < 1.29 is 38.2 Å². The number of rotatable bonds is 12. The number of hydrogen-bond donors (Lipinski definition) is 4. The van der Waals surface area contributed by atoms with Crippen molar-refractivity contribution in [2.75, 3.05) is 13.1 Å². The number of ketones is 1. The number of hydrogen-bond acceptors (Lipinski definition) is 7. The molecule has 0 heterocycles. The summed E-state index contributed by atoms with van der Waals surface area (Å²) in [6, 6.07) is 6.13. The van der Waals surface area contributed by atoms with Crippen LogP contribution in [0.3, 0.4) is 0 Å². The number of carbonyl (C=O) groups is 5. The molecule has 2 amide bonds. The second-order valence-electron chi connectivity index (χ2n) is 22.7. The number of carboxylic acid groups (broad SMARTS) is 1. The van der Waals surface area contributed by atoms with Gasteiger partial charge in [-0.25, -0.2) is 4.39 Å². The summed E-state index contributed by atoms with van der Waals surface area (Å²) < 4.78 is 22.8. The van der Waals surface area contributed by atoms with Crippen molar-refractivity contribution in [3.8, 4) is 0 Å². The van der Waals surface area contributed by atoms with E-state index < -0.39 is 46.9 Å². The molecule has 0 spiro atoms. The van der Waals surface area contributed by atoms with Gasteiger partial charge in [-0.2, -0.15) is 0 Å². The molecular weight excluding hydrogens is 809 g/mol. The third-order valence-corrected chi connectivity index (χ3v) is 18.9. The molecule has 0 radical (unpaired) electrons. The van der Waals surface area contributed by atoms with E-state index in [2.05, 4.69) is 59.1 Å². The van der Waals surface area contributed by atoms with Gasteiger partial charge in [-0.15, -0.1) is 0 Å². The molecule has 0 saturated heterocycles. The molecule has 342 valence electrons. The third-order valence-electron chi connectivity index (χ3n) is 18.7. The Labute approximate surface area is 372 Å². The summed E-state index contributed by atoms with van der Waals surface area (Å²) in [4.78, 5) is 66.7. The van der Waals surface area contributed by atoms with Gasteiger partial charge in [-0.1, -0.05) is 79.5 Å². The van der Waals surface area contributed by atoms with Crippen LogP contribution in [-0.4, -0.2) is 59.6 Å². The lowest BCUT2D eigenvalue weighted by atomic mass is 9.33. The number of aliphatic carboxylic acids is 1. The molecule has 7 rings (SSSR count). The Morgan fingerprint density at radius 3 is 2.19 bits per heavy atom. The Bertz CT molecular complexity index is 2030. The van der Waals surface area contributed by atoms with Gasteiger partial charge >= 0.3 is 11.9 Å². The van der Waals surface area contributed by atoms with Crippen LogP contribution in [0.15, 0.2) is 35.4 Å². The van der Waals surface area contributed by atoms with Gasteiger partial charge in [0.15, 0.2) is 5.78 Å². The van der Waals surface area contributed by atoms with E-state index in [0.717, 1.165) is 56.1 Å². The summed E-state index contributed by atoms with van der Waals surface area (Å²) in [6.45, 7) is 19.4. The fraction of sp³-hybridized carbons (Fsp3) is 0.740. The Balaban J connectivity index is 1.09. The first-order valence-corrected chi connectivity index (χ1v) is 23.6. The van der Waals surface area contributed by atoms with Crippen LogP contribution >= 0.6 is 11.6 Å². The van der Waals surface area contributed by atoms with E-state index in [4.69, 9.17) is 22.1 Å². The van der Waals surface area contributed by atoms with Crippen molar-refractivity contribution in [1.82, 2.24) is 10.6 Å². The molecule has 1 aromatic rings. The molecule has 1 unspecified atom stereocenters. The highest BCUT2D eigenvalue weighted by Crippen LogP contribution is 2.77. The maximum atomic E-state index is 16.3. The maximum Gasteiger partial charge on any atom is 0.309 e. The number of halogens is 2. The second-order valence-corrected chi connectivity index (χ2v) is 23.1. The fourth-order valence-electron chi connectivity index (χ4n) is 15.0. The molecule has 0 aliphatic heterocycles. The van der Waals surface area contributed by atoms with Crippen LogP contribution in [0, 0.1) is 68.0 Å². The predicted molar refractivity (Wildman–Crippen MR) is 236 cm³/mol. The molecule has 10 nitrogen and oxygen atoms in total. The van der Waals surface area contributed by atoms with Crippen molar-refractivity contribution in [3.63, 3.8) is 0 Å². The lowest BCUT2D eigenvalue weighted by molar-refractivity contribution is -0.236. The zero-order valence-corrected chi connectivity index (χ0v) is 39.2. The number of benzene rings is 1. The number of carbonyl (C=O) groups excluding carboxylic acids is 4. The number of alkyl halides is 1. The number of nitrogens with one attached hydrogen (secondary N) is 2. The average molecular weight is 881 g/mol. The number of Topliss-reactive ketones (excluding diaryl/α,β-unsaturated/α-hetero) is 1. The topological polar surface area (TPSA) is 165 Å². The first kappa shape index (κ1) is 46.7. The molecule has 11 atom stereocenters. The number of allylic oxidation sites excluding steroid dienone is 2. The molecule has 6 aliphatic carbocycles. The summed E-state index contributed by atoms with van der Waals surface area (Å²) in [5.74, 6) is -4.38. The van der Waals surface area contributed by atoms with Crippen LogP contribution in [0.25, 0.3) is 0 Å². The summed E-state index contributed by atoms with van der Waals surface area (Å²) in [7, 11) is 0. The van der Waals surface area contributed by atoms with E-state index in [0.29, 0.717) is 29.7 Å². The monoisotopic (exact) mass is 879 g/mol. The van der Waals surface area contributed by atoms with Gasteiger partial charge in [0.25, 0.3) is 5.91 Å². The molecule has 1 aromatic carbocycles. The Kier molecular flexibility index (Phi) is 12.0. The molecule has 62 heavy (non-hydrogen) atoms. The van der Waals surface area contributed by atoms with E-state index in [-0.39, 0.29) is 88.6 Å². The standard InChI is InChI=1S/C50H71ClFN3O7/c1-28(2)39-34(56)25-49(26-38(57)54-27-50(52,22-23-53)55-41(58)29-10-12-30(51)13-11-29)21-20-47(8)31(40(39)49)14-15-36-46(7)18-17-37(45(5,6)35(46)16-19-48(36,47)9)62-43(61)33-24-32(42(59)60)44(33,3)4/h10-13,28,31-33,35-37H,14-27,53H2,1-9H3,(H,54,57)(H,55,58)(H,59,60)/t31-,32+,33-,35+,36-,37+,46+,47-,48-,49+,50?/m1/s1. The summed E-state index contributed by atoms with van der Waals surface area (Å²) in [5.41, 5.74) is 6.31. The minimum Gasteiger partial charge on any atom is -0.481 e. The Hall–Kier alpha value is -3.31. The second kappa shape index (κ2) is 16.0. The first-order chi connectivity index (χ1) is 28.8. The van der Waals surface area contributed by atoms with Crippen LogP contribution < -0.4 is 16.4 Å². The van der Waals surface area contributed by atoms with E-state index in [1.165, 1.54) is 12.1 Å². The normalized spacial score (nSPS) is 37.7. The SMILES string of the molecule is CC(C)C1=C2[C@H]3CC[C@@H]4[C@@]5(C)CC[C@H](OC(=O)[C@H]6C[C@@H](C(=O)O)C6(C)C)C(C)(C)[C@@H]5CC[C@@]4(C)[C@]3(C)CC[C@@]2(CC(=O)NCC(F)(CCN)NC(=O)c2ccc(Cl)cc2)CC1=O. The number of amides is 2. The summed E-state index contributed by atoms with van der Waals surface area (Å²) in [5, 5.41) is 15.4. The van der Waals surface area contributed by atoms with Gasteiger partial charge in [0, 0.05) is 40.7 Å². The highest BCUT2D eigenvalue weighted by molar-refractivity contribution is 6.30. The number of ether oxygens (including phenoxy) is 1. The molecule has 6 aliphatic rings. The molecule has 5 fully saturated rings. The molecule has 0 aromatic heterocycles. The largest absolute Gasteiger partial charge is 0.481 e. The van der Waals surface area contributed by atoms with E-state index in [1.807, 2.05) is 13.8 Å². The summed E-state index contributed by atoms with van der Waals surface area (Å²) >= 11 is 5.99. The number of esters is 1. The van der Waals surface area contributed by atoms with Crippen molar-refractivity contribution in [2.24, 2.45) is 73.7 Å². The van der Waals surface area contributed by atoms with Crippen molar-refractivity contribution in [3.05, 3.63) is 46.0 Å². The van der Waals surface area contributed by atoms with Crippen LogP contribution in [0.1, 0.15) is 150 Å². The lowest BCUT2D eigenvalue weighted by Gasteiger charge is -2.72. The summed E-state index contributed by atoms with van der Waals surface area (Å²) in [6.07, 6.45) is 7.41. The van der Waals surface area contributed by atoms with Gasteiger partial charge in [-0.05, 0) is 140 Å². The van der Waals surface area contributed by atoms with Crippen molar-refractivity contribution in [2.45, 2.75) is 151 Å². The van der Waals surface area contributed by atoms with Crippen LogP contribution in [0.2, 0.25) is 5.02 Å². The number of fused-ring (bicyclic) bond motifs is 7. The van der Waals surface area contributed by atoms with Gasteiger partial charge in [0.1, 0.15) is 6.10 Å². The Morgan fingerprint density at radius 2 is 1.58 bits per heavy atom. The molecule has 0 bridgehead atoms. The first-order valence-electron chi connectivity index (χ1n) is 23.2. The molecular formula is C50H71ClFN3O7. The smallest absolute Gasteiger partial charge is 0.309 e. The van der Waals surface area contributed by atoms with E-state index >= 15 is 4.39 Å². The molecule has 5 N–H and O–H groups in total. The van der Waals surface area contributed by atoms with Gasteiger partial charge < -0.3 is 26.2 Å².